The molecule has 0 aliphatic carbocycles. The smallest absolute Gasteiger partial charge is 0.310 e. The van der Waals surface area contributed by atoms with Crippen molar-refractivity contribution in [2.45, 2.75) is 38.8 Å². The normalized spacial score (nSPS) is 27.4. The number of rotatable bonds is 4. The van der Waals surface area contributed by atoms with Crippen molar-refractivity contribution in [3.05, 3.63) is 34.9 Å². The Kier molecular flexibility index (Phi) is 5.27. The van der Waals surface area contributed by atoms with E-state index < -0.39 is 6.04 Å². The summed E-state index contributed by atoms with van der Waals surface area (Å²) in [6, 6.07) is 6.85. The molecule has 3 aliphatic heterocycles. The van der Waals surface area contributed by atoms with Crippen LogP contribution in [0.2, 0.25) is 5.02 Å². The van der Waals surface area contributed by atoms with Crippen molar-refractivity contribution in [1.29, 1.82) is 0 Å². The fraction of sp³-hybridized carbons (Fsp3) is 0.550. The summed E-state index contributed by atoms with van der Waals surface area (Å²) in [7, 11) is 3.27. The first kappa shape index (κ1) is 20.1. The number of likely N-dealkylation sites (N-methyl/N-ethyl adjacent to an activating group) is 2. The molecule has 1 aromatic rings. The number of benzene rings is 1. The maximum absolute atomic E-state index is 13.0. The second-order valence-electron chi connectivity index (χ2n) is 8.29. The molecule has 3 amide bonds. The lowest BCUT2D eigenvalue weighted by Crippen LogP contribution is -2.65. The first-order chi connectivity index (χ1) is 13.8. The van der Waals surface area contributed by atoms with Crippen molar-refractivity contribution in [3.63, 3.8) is 0 Å². The number of carbonyl (C=O) groups is 2. The summed E-state index contributed by atoms with van der Waals surface area (Å²) in [4.78, 5) is 30.3. The van der Waals surface area contributed by atoms with Gasteiger partial charge >= 0.3 is 6.03 Å². The van der Waals surface area contributed by atoms with Crippen molar-refractivity contribution < 1.29 is 9.59 Å². The lowest BCUT2D eigenvalue weighted by Gasteiger charge is -2.41. The summed E-state index contributed by atoms with van der Waals surface area (Å²) < 4.78 is 0. The number of hydrogen-bond acceptors (Lipinski definition) is 6. The van der Waals surface area contributed by atoms with Crippen LogP contribution in [0.4, 0.5) is 4.79 Å². The van der Waals surface area contributed by atoms with Crippen molar-refractivity contribution >= 4 is 29.3 Å². The van der Waals surface area contributed by atoms with Gasteiger partial charge in [0.25, 0.3) is 5.91 Å². The number of halogens is 1. The van der Waals surface area contributed by atoms with E-state index in [1.54, 1.807) is 19.0 Å². The van der Waals surface area contributed by atoms with E-state index in [-0.39, 0.29) is 24.4 Å². The minimum absolute atomic E-state index is 0.186. The lowest BCUT2D eigenvalue weighted by atomic mass is 10.1. The molecule has 156 valence electrons. The predicted octanol–water partition coefficient (Wildman–Crippen LogP) is 1.81. The molecule has 1 aromatic carbocycles. The standard InChI is InChI=1S/C20H27ClN6O2/c1-12(2)9-10-27-19-22-17-16(18(28)25(4)20(29)24(17)3)26(19)11-15(23-27)13-5-7-14(21)8-6-13/h5-8,12,16-17,19,22H,9-11H2,1-4H3. The second kappa shape index (κ2) is 7.59. The number of nitrogens with zero attached hydrogens (tertiary/aromatic N) is 5. The third-order valence-electron chi connectivity index (χ3n) is 5.86. The predicted molar refractivity (Wildman–Crippen MR) is 111 cm³/mol. The number of carbonyl (C=O) groups excluding carboxylic acids is 2. The first-order valence-corrected chi connectivity index (χ1v) is 10.3. The summed E-state index contributed by atoms with van der Waals surface area (Å²) in [5.74, 6) is 0.342. The molecule has 0 bridgehead atoms. The Bertz CT molecular complexity index is 842. The highest BCUT2D eigenvalue weighted by Gasteiger charge is 2.55. The van der Waals surface area contributed by atoms with Crippen molar-refractivity contribution in [2.75, 3.05) is 27.2 Å². The zero-order chi connectivity index (χ0) is 20.9. The zero-order valence-electron chi connectivity index (χ0n) is 17.2. The van der Waals surface area contributed by atoms with Crippen LogP contribution in [0.3, 0.4) is 0 Å². The summed E-state index contributed by atoms with van der Waals surface area (Å²) in [5.41, 5.74) is 1.87. The lowest BCUT2D eigenvalue weighted by molar-refractivity contribution is -0.137. The van der Waals surface area contributed by atoms with E-state index in [0.717, 1.165) is 24.2 Å². The number of urea groups is 1. The van der Waals surface area contributed by atoms with Gasteiger partial charge in [-0.1, -0.05) is 37.6 Å². The van der Waals surface area contributed by atoms with Crippen LogP contribution in [-0.4, -0.2) is 83.0 Å². The highest BCUT2D eigenvalue weighted by atomic mass is 35.5. The van der Waals surface area contributed by atoms with E-state index >= 15 is 0 Å². The number of imide groups is 1. The van der Waals surface area contributed by atoms with Gasteiger partial charge in [0.15, 0.2) is 6.29 Å². The average molecular weight is 419 g/mol. The van der Waals surface area contributed by atoms with E-state index in [1.165, 1.54) is 4.90 Å². The van der Waals surface area contributed by atoms with Gasteiger partial charge < -0.3 is 4.90 Å². The largest absolute Gasteiger partial charge is 0.327 e. The monoisotopic (exact) mass is 418 g/mol. The third-order valence-corrected chi connectivity index (χ3v) is 6.11. The van der Waals surface area contributed by atoms with Crippen molar-refractivity contribution in [1.82, 2.24) is 25.0 Å². The van der Waals surface area contributed by atoms with Gasteiger partial charge in [-0.2, -0.15) is 5.10 Å². The Hall–Kier alpha value is -2.16. The van der Waals surface area contributed by atoms with Crippen LogP contribution in [0.1, 0.15) is 25.8 Å². The van der Waals surface area contributed by atoms with Gasteiger partial charge in [0, 0.05) is 32.2 Å². The average Bonchev–Trinajstić information content (AvgIpc) is 3.09. The van der Waals surface area contributed by atoms with Gasteiger partial charge in [0.1, 0.15) is 12.2 Å². The Labute approximate surface area is 176 Å². The van der Waals surface area contributed by atoms with Gasteiger partial charge in [-0.25, -0.2) is 9.69 Å². The van der Waals surface area contributed by atoms with E-state index in [1.807, 2.05) is 29.3 Å². The fourth-order valence-electron chi connectivity index (χ4n) is 4.13. The van der Waals surface area contributed by atoms with Crippen molar-refractivity contribution in [3.8, 4) is 0 Å². The van der Waals surface area contributed by atoms with Crippen LogP contribution in [0.5, 0.6) is 0 Å². The molecule has 2 fully saturated rings. The summed E-state index contributed by atoms with van der Waals surface area (Å²) in [6.07, 6.45) is 0.365. The molecule has 3 aliphatic rings. The van der Waals surface area contributed by atoms with E-state index in [4.69, 9.17) is 16.7 Å². The molecule has 1 N–H and O–H groups in total. The molecule has 3 atom stereocenters. The molecule has 0 aromatic heterocycles. The molecule has 9 heteroatoms. The number of hydrogen-bond donors (Lipinski definition) is 1. The molecule has 3 unspecified atom stereocenters. The molecular formula is C20H27ClN6O2. The Morgan fingerprint density at radius 3 is 2.55 bits per heavy atom. The maximum atomic E-state index is 13.0. The number of hydrazone groups is 1. The van der Waals surface area contributed by atoms with Crippen molar-refractivity contribution in [2.24, 2.45) is 11.0 Å². The summed E-state index contributed by atoms with van der Waals surface area (Å²) in [5, 5.41) is 11.1. The maximum Gasteiger partial charge on any atom is 0.327 e. The molecular weight excluding hydrogens is 392 g/mol. The highest BCUT2D eigenvalue weighted by Crippen LogP contribution is 2.31. The Morgan fingerprint density at radius 2 is 1.90 bits per heavy atom. The number of amides is 3. The number of fused-ring (bicyclic) bond motifs is 3. The minimum Gasteiger partial charge on any atom is -0.310 e. The van der Waals surface area contributed by atoms with Gasteiger partial charge in [-0.3, -0.25) is 20.0 Å². The Morgan fingerprint density at radius 1 is 1.21 bits per heavy atom. The van der Waals surface area contributed by atoms with Crippen LogP contribution in [0, 0.1) is 5.92 Å². The highest BCUT2D eigenvalue weighted by molar-refractivity contribution is 6.30. The molecule has 0 saturated carbocycles. The molecule has 4 rings (SSSR count). The molecule has 2 saturated heterocycles. The minimum atomic E-state index is -0.452. The topological polar surface area (TPSA) is 71.5 Å². The summed E-state index contributed by atoms with van der Waals surface area (Å²) in [6.45, 7) is 5.63. The van der Waals surface area contributed by atoms with Gasteiger partial charge in [0.05, 0.1) is 5.71 Å². The molecule has 29 heavy (non-hydrogen) atoms. The van der Waals surface area contributed by atoms with Crippen LogP contribution in [0.15, 0.2) is 29.4 Å². The van der Waals surface area contributed by atoms with Crippen LogP contribution >= 0.6 is 11.6 Å². The van der Waals surface area contributed by atoms with Crippen LogP contribution in [-0.2, 0) is 4.79 Å². The van der Waals surface area contributed by atoms with Crippen LogP contribution in [0.25, 0.3) is 0 Å². The molecule has 8 nitrogen and oxygen atoms in total. The van der Waals surface area contributed by atoms with E-state index in [0.29, 0.717) is 17.5 Å². The van der Waals surface area contributed by atoms with Gasteiger partial charge in [0.2, 0.25) is 0 Å². The number of nitrogens with one attached hydrogen (secondary N) is 1. The molecule has 3 heterocycles. The zero-order valence-corrected chi connectivity index (χ0v) is 17.9. The second-order valence-corrected chi connectivity index (χ2v) is 8.73. The van der Waals surface area contributed by atoms with Gasteiger partial charge in [-0.15, -0.1) is 0 Å². The first-order valence-electron chi connectivity index (χ1n) is 9.94. The Balaban J connectivity index is 1.69. The molecule has 0 radical (unpaired) electrons. The molecule has 0 spiro atoms. The summed E-state index contributed by atoms with van der Waals surface area (Å²) >= 11 is 6.05. The van der Waals surface area contributed by atoms with E-state index in [9.17, 15) is 9.59 Å². The third kappa shape index (κ3) is 3.49. The van der Waals surface area contributed by atoms with E-state index in [2.05, 4.69) is 24.1 Å². The SMILES string of the molecule is CC(C)CCN1N=C(c2ccc(Cl)cc2)CN2C3C(=O)N(C)C(=O)N(C)C3NC12. The van der Waals surface area contributed by atoms with Crippen LogP contribution < -0.4 is 5.32 Å². The van der Waals surface area contributed by atoms with Gasteiger partial charge in [-0.05, 0) is 30.0 Å². The quantitative estimate of drug-likeness (QED) is 0.807. The fourth-order valence-corrected chi connectivity index (χ4v) is 4.26.